The Balaban J connectivity index is 1.66. The van der Waals surface area contributed by atoms with Crippen LogP contribution in [0.25, 0.3) is 0 Å². The predicted molar refractivity (Wildman–Crippen MR) is 100.0 cm³/mol. The van der Waals surface area contributed by atoms with E-state index in [1.165, 1.54) is 28.7 Å². The molecule has 0 aliphatic carbocycles. The fourth-order valence-electron chi connectivity index (χ4n) is 2.18. The molecule has 6 nitrogen and oxygen atoms in total. The Kier molecular flexibility index (Phi) is 5.55. The zero-order valence-corrected chi connectivity index (χ0v) is 15.4. The molecule has 132 valence electrons. The molecule has 0 fully saturated rings. The average molecular weight is 386 g/mol. The Morgan fingerprint density at radius 2 is 1.85 bits per heavy atom. The molecule has 0 saturated heterocycles. The molecule has 3 rings (SSSR count). The first kappa shape index (κ1) is 18.0. The number of hydrogen-bond acceptors (Lipinski definition) is 7. The van der Waals surface area contributed by atoms with Gasteiger partial charge in [-0.25, -0.2) is 9.78 Å². The van der Waals surface area contributed by atoms with Crippen molar-refractivity contribution < 1.29 is 19.1 Å². The smallest absolute Gasteiger partial charge is 0.339 e. The lowest BCUT2D eigenvalue weighted by Gasteiger charge is -2.08. The zero-order valence-electron chi connectivity index (χ0n) is 13.7. The Morgan fingerprint density at radius 3 is 2.50 bits per heavy atom. The van der Waals surface area contributed by atoms with Gasteiger partial charge in [-0.1, -0.05) is 24.3 Å². The number of nitrogens with one attached hydrogen (secondary N) is 1. The van der Waals surface area contributed by atoms with Gasteiger partial charge in [-0.3, -0.25) is 14.9 Å². The minimum absolute atomic E-state index is 0.129. The number of aromatic nitrogens is 1. The van der Waals surface area contributed by atoms with E-state index < -0.39 is 18.5 Å². The number of thiophene rings is 1. The molecule has 3 aromatic rings. The van der Waals surface area contributed by atoms with Crippen LogP contribution in [0.2, 0.25) is 0 Å². The molecule has 0 unspecified atom stereocenters. The van der Waals surface area contributed by atoms with Crippen molar-refractivity contribution in [2.75, 3.05) is 11.9 Å². The van der Waals surface area contributed by atoms with Gasteiger partial charge in [0.05, 0.1) is 16.1 Å². The van der Waals surface area contributed by atoms with Crippen LogP contribution in [0.5, 0.6) is 0 Å². The second-order valence-corrected chi connectivity index (χ2v) is 7.08. The molecule has 1 amide bonds. The number of aryl methyl sites for hydroxylation is 1. The Bertz CT molecular complexity index is 948. The molecule has 0 aliphatic heterocycles. The Morgan fingerprint density at radius 1 is 1.08 bits per heavy atom. The van der Waals surface area contributed by atoms with E-state index in [9.17, 15) is 14.4 Å². The first-order chi connectivity index (χ1) is 12.5. The minimum atomic E-state index is -0.726. The minimum Gasteiger partial charge on any atom is -0.452 e. The molecule has 0 aliphatic rings. The average Bonchev–Trinajstić information content (AvgIpc) is 3.31. The number of carbonyl (C=O) groups is 3. The van der Waals surface area contributed by atoms with Crippen molar-refractivity contribution in [3.05, 3.63) is 68.9 Å². The number of esters is 1. The van der Waals surface area contributed by atoms with Gasteiger partial charge < -0.3 is 4.74 Å². The molecule has 2 heterocycles. The molecule has 0 atom stereocenters. The normalized spacial score (nSPS) is 10.3. The second-order valence-electron chi connectivity index (χ2n) is 5.27. The van der Waals surface area contributed by atoms with Crippen molar-refractivity contribution >= 4 is 45.5 Å². The molecule has 0 spiro atoms. The van der Waals surface area contributed by atoms with Crippen LogP contribution in [0.3, 0.4) is 0 Å². The molecule has 0 radical (unpaired) electrons. The van der Waals surface area contributed by atoms with Gasteiger partial charge in [0.15, 0.2) is 11.7 Å². The summed E-state index contributed by atoms with van der Waals surface area (Å²) in [6.45, 7) is 1.35. The number of benzene rings is 1. The van der Waals surface area contributed by atoms with E-state index >= 15 is 0 Å². The van der Waals surface area contributed by atoms with Gasteiger partial charge in [0.2, 0.25) is 5.78 Å². The van der Waals surface area contributed by atoms with Crippen molar-refractivity contribution in [1.29, 1.82) is 0 Å². The third kappa shape index (κ3) is 4.22. The summed E-state index contributed by atoms with van der Waals surface area (Å²) in [6.07, 6.45) is 0. The maximum Gasteiger partial charge on any atom is 0.339 e. The van der Waals surface area contributed by atoms with Crippen LogP contribution in [0.15, 0.2) is 47.2 Å². The molecule has 1 N–H and O–H groups in total. The van der Waals surface area contributed by atoms with E-state index in [0.717, 1.165) is 5.69 Å². The van der Waals surface area contributed by atoms with Crippen molar-refractivity contribution in [2.24, 2.45) is 0 Å². The number of ketones is 1. The number of ether oxygens (including phenoxy) is 1. The molecule has 26 heavy (non-hydrogen) atoms. The number of hydrogen-bond donors (Lipinski definition) is 1. The first-order valence-corrected chi connectivity index (χ1v) is 9.37. The third-order valence-corrected chi connectivity index (χ3v) is 5.08. The van der Waals surface area contributed by atoms with E-state index in [1.54, 1.807) is 41.1 Å². The van der Waals surface area contributed by atoms with E-state index in [0.29, 0.717) is 10.0 Å². The summed E-state index contributed by atoms with van der Waals surface area (Å²) < 4.78 is 5.05. The summed E-state index contributed by atoms with van der Waals surface area (Å²) in [5.74, 6) is -1.47. The number of amides is 1. The van der Waals surface area contributed by atoms with Crippen molar-refractivity contribution in [3.63, 3.8) is 0 Å². The van der Waals surface area contributed by atoms with E-state index in [4.69, 9.17) is 4.74 Å². The van der Waals surface area contributed by atoms with Crippen LogP contribution >= 0.6 is 22.7 Å². The number of carbonyl (C=O) groups excluding carboxylic acids is 3. The molecule has 0 saturated carbocycles. The standard InChI is InChI=1S/C18H14N2O4S2/c1-11-10-26-18(19-11)20-15(21)9-24-17(23)13-6-3-2-5-12(13)16(22)14-7-4-8-25-14/h2-8,10H,9H2,1H3,(H,19,20,21). The summed E-state index contributed by atoms with van der Waals surface area (Å²) in [7, 11) is 0. The molecular weight excluding hydrogens is 372 g/mol. The highest BCUT2D eigenvalue weighted by atomic mass is 32.1. The third-order valence-electron chi connectivity index (χ3n) is 3.34. The quantitative estimate of drug-likeness (QED) is 0.517. The van der Waals surface area contributed by atoms with Crippen LogP contribution in [-0.2, 0) is 9.53 Å². The zero-order chi connectivity index (χ0) is 18.5. The van der Waals surface area contributed by atoms with Crippen molar-refractivity contribution in [2.45, 2.75) is 6.92 Å². The summed E-state index contributed by atoms with van der Waals surface area (Å²) in [5, 5.41) is 6.59. The van der Waals surface area contributed by atoms with Crippen LogP contribution in [0, 0.1) is 6.92 Å². The van der Waals surface area contributed by atoms with Gasteiger partial charge in [-0.05, 0) is 24.4 Å². The first-order valence-electron chi connectivity index (χ1n) is 7.61. The molecular formula is C18H14N2O4S2. The van der Waals surface area contributed by atoms with Crippen LogP contribution in [0.1, 0.15) is 31.3 Å². The summed E-state index contributed by atoms with van der Waals surface area (Å²) in [4.78, 5) is 41.4. The second kappa shape index (κ2) is 8.03. The van der Waals surface area contributed by atoms with Crippen molar-refractivity contribution in [3.8, 4) is 0 Å². The van der Waals surface area contributed by atoms with Gasteiger partial charge in [-0.2, -0.15) is 0 Å². The number of anilines is 1. The largest absolute Gasteiger partial charge is 0.452 e. The number of rotatable bonds is 6. The highest BCUT2D eigenvalue weighted by molar-refractivity contribution is 7.14. The van der Waals surface area contributed by atoms with E-state index in [-0.39, 0.29) is 16.9 Å². The van der Waals surface area contributed by atoms with Gasteiger partial charge in [0, 0.05) is 10.9 Å². The van der Waals surface area contributed by atoms with Gasteiger partial charge in [0.1, 0.15) is 0 Å². The van der Waals surface area contributed by atoms with Crippen LogP contribution in [-0.4, -0.2) is 29.3 Å². The van der Waals surface area contributed by atoms with Crippen LogP contribution < -0.4 is 5.32 Å². The predicted octanol–water partition coefficient (Wildman–Crippen LogP) is 3.54. The lowest BCUT2D eigenvalue weighted by molar-refractivity contribution is -0.119. The molecule has 2 aromatic heterocycles. The molecule has 0 bridgehead atoms. The summed E-state index contributed by atoms with van der Waals surface area (Å²) >= 11 is 2.58. The number of thiazole rings is 1. The highest BCUT2D eigenvalue weighted by Gasteiger charge is 2.20. The molecule has 1 aromatic carbocycles. The Labute approximate surface area is 157 Å². The Hall–Kier alpha value is -2.84. The monoisotopic (exact) mass is 386 g/mol. The maximum atomic E-state index is 12.5. The SMILES string of the molecule is Cc1csc(NC(=O)COC(=O)c2ccccc2C(=O)c2cccs2)n1. The van der Waals surface area contributed by atoms with E-state index in [2.05, 4.69) is 10.3 Å². The van der Waals surface area contributed by atoms with E-state index in [1.807, 2.05) is 6.92 Å². The fourth-order valence-corrected chi connectivity index (χ4v) is 3.56. The maximum absolute atomic E-state index is 12.5. The topological polar surface area (TPSA) is 85.4 Å². The summed E-state index contributed by atoms with van der Waals surface area (Å²) in [5.41, 5.74) is 1.17. The van der Waals surface area contributed by atoms with Gasteiger partial charge in [0.25, 0.3) is 5.91 Å². The van der Waals surface area contributed by atoms with Crippen molar-refractivity contribution in [1.82, 2.24) is 4.98 Å². The number of nitrogens with zero attached hydrogens (tertiary/aromatic N) is 1. The van der Waals surface area contributed by atoms with Crippen LogP contribution in [0.4, 0.5) is 5.13 Å². The van der Waals surface area contributed by atoms with Gasteiger partial charge in [-0.15, -0.1) is 22.7 Å². The summed E-state index contributed by atoms with van der Waals surface area (Å²) in [6, 6.07) is 9.85. The van der Waals surface area contributed by atoms with Gasteiger partial charge >= 0.3 is 5.97 Å². The lowest BCUT2D eigenvalue weighted by Crippen LogP contribution is -2.22. The lowest BCUT2D eigenvalue weighted by atomic mass is 10.0. The molecule has 8 heteroatoms. The highest BCUT2D eigenvalue weighted by Crippen LogP contribution is 2.19. The fraction of sp³-hybridized carbons (Fsp3) is 0.111.